The quantitative estimate of drug-likeness (QED) is 0.799. The number of rotatable bonds is 5. The van der Waals surface area contributed by atoms with Crippen molar-refractivity contribution in [3.05, 3.63) is 34.3 Å². The molecule has 0 aromatic heterocycles. The van der Waals surface area contributed by atoms with Crippen LogP contribution in [0.25, 0.3) is 0 Å². The Kier molecular flexibility index (Phi) is 9.20. The van der Waals surface area contributed by atoms with Crippen molar-refractivity contribution in [2.45, 2.75) is 46.5 Å². The Labute approximate surface area is 112 Å². The molecule has 0 heterocycles. The summed E-state index contributed by atoms with van der Waals surface area (Å²) in [6.07, 6.45) is 2.29. The molecule has 1 aromatic carbocycles. The number of hydrogen-bond acceptors (Lipinski definition) is 1. The van der Waals surface area contributed by atoms with E-state index in [1.165, 1.54) is 11.1 Å². The molecule has 98 valence electrons. The van der Waals surface area contributed by atoms with Gasteiger partial charge in [-0.05, 0) is 56.5 Å². The monoisotopic (exact) mass is 255 g/mol. The fourth-order valence-electron chi connectivity index (χ4n) is 1.86. The molecule has 1 aromatic rings. The molecule has 0 bridgehead atoms. The van der Waals surface area contributed by atoms with E-state index in [4.69, 9.17) is 11.6 Å². The van der Waals surface area contributed by atoms with Gasteiger partial charge in [-0.2, -0.15) is 0 Å². The Morgan fingerprint density at radius 3 is 2.41 bits per heavy atom. The molecular weight excluding hydrogens is 230 g/mol. The summed E-state index contributed by atoms with van der Waals surface area (Å²) in [5.74, 6) is 0.575. The van der Waals surface area contributed by atoms with Gasteiger partial charge in [0.2, 0.25) is 0 Å². The fourth-order valence-corrected chi connectivity index (χ4v) is 2.25. The van der Waals surface area contributed by atoms with Gasteiger partial charge in [0, 0.05) is 5.02 Å². The third-order valence-electron chi connectivity index (χ3n) is 2.83. The second kappa shape index (κ2) is 9.49. The van der Waals surface area contributed by atoms with Crippen molar-refractivity contribution in [3.8, 4) is 0 Å². The maximum Gasteiger partial charge on any atom is 0.0443 e. The highest BCUT2D eigenvalue weighted by molar-refractivity contribution is 6.31. The predicted molar refractivity (Wildman–Crippen MR) is 79.1 cm³/mol. The molecule has 0 aliphatic rings. The third kappa shape index (κ3) is 5.56. The smallest absolute Gasteiger partial charge is 0.0443 e. The SMILES string of the molecule is CC.CCC(CCNC)c1ccc(C)cc1Cl. The first kappa shape index (κ1) is 16.5. The number of halogens is 1. The Morgan fingerprint density at radius 2 is 1.94 bits per heavy atom. The van der Waals surface area contributed by atoms with E-state index in [2.05, 4.69) is 37.4 Å². The number of nitrogens with one attached hydrogen (secondary N) is 1. The van der Waals surface area contributed by atoms with Gasteiger partial charge in [0.05, 0.1) is 0 Å². The summed E-state index contributed by atoms with van der Waals surface area (Å²) in [6.45, 7) is 9.34. The molecule has 0 aliphatic carbocycles. The highest BCUT2D eigenvalue weighted by Gasteiger charge is 2.12. The van der Waals surface area contributed by atoms with Gasteiger partial charge >= 0.3 is 0 Å². The number of benzene rings is 1. The summed E-state index contributed by atoms with van der Waals surface area (Å²) in [5, 5.41) is 4.10. The number of aryl methyl sites for hydroxylation is 1. The summed E-state index contributed by atoms with van der Waals surface area (Å²) < 4.78 is 0. The lowest BCUT2D eigenvalue weighted by Crippen LogP contribution is -2.12. The van der Waals surface area contributed by atoms with Gasteiger partial charge < -0.3 is 5.32 Å². The van der Waals surface area contributed by atoms with Crippen molar-refractivity contribution >= 4 is 11.6 Å². The lowest BCUT2D eigenvalue weighted by molar-refractivity contribution is 0.581. The van der Waals surface area contributed by atoms with E-state index in [1.807, 2.05) is 20.9 Å². The molecule has 0 saturated heterocycles. The molecule has 17 heavy (non-hydrogen) atoms. The van der Waals surface area contributed by atoms with Crippen molar-refractivity contribution in [1.82, 2.24) is 5.32 Å². The Hall–Kier alpha value is -0.530. The Bertz CT molecular complexity index is 310. The van der Waals surface area contributed by atoms with E-state index in [0.717, 1.165) is 24.4 Å². The minimum atomic E-state index is 0.575. The lowest BCUT2D eigenvalue weighted by atomic mass is 9.92. The molecule has 2 heteroatoms. The van der Waals surface area contributed by atoms with Crippen molar-refractivity contribution in [1.29, 1.82) is 0 Å². The fraction of sp³-hybridized carbons (Fsp3) is 0.600. The van der Waals surface area contributed by atoms with Crippen LogP contribution in [0, 0.1) is 6.92 Å². The third-order valence-corrected chi connectivity index (χ3v) is 3.16. The largest absolute Gasteiger partial charge is 0.320 e. The molecule has 0 spiro atoms. The zero-order chi connectivity index (χ0) is 13.3. The first-order valence-corrected chi connectivity index (χ1v) is 6.97. The van der Waals surface area contributed by atoms with Crippen LogP contribution in [0.3, 0.4) is 0 Å². The minimum Gasteiger partial charge on any atom is -0.320 e. The highest BCUT2D eigenvalue weighted by atomic mass is 35.5. The van der Waals surface area contributed by atoms with Crippen LogP contribution in [-0.2, 0) is 0 Å². The molecule has 0 fully saturated rings. The van der Waals surface area contributed by atoms with Gasteiger partial charge in [-0.3, -0.25) is 0 Å². The van der Waals surface area contributed by atoms with Gasteiger partial charge in [-0.25, -0.2) is 0 Å². The van der Waals surface area contributed by atoms with Gasteiger partial charge in [0.15, 0.2) is 0 Å². The van der Waals surface area contributed by atoms with Crippen molar-refractivity contribution in [3.63, 3.8) is 0 Å². The summed E-state index contributed by atoms with van der Waals surface area (Å²) in [7, 11) is 1.99. The molecule has 1 N–H and O–H groups in total. The van der Waals surface area contributed by atoms with E-state index >= 15 is 0 Å². The van der Waals surface area contributed by atoms with E-state index in [1.54, 1.807) is 0 Å². The van der Waals surface area contributed by atoms with Crippen molar-refractivity contribution in [2.75, 3.05) is 13.6 Å². The van der Waals surface area contributed by atoms with Crippen LogP contribution in [0.1, 0.15) is 50.7 Å². The zero-order valence-electron chi connectivity index (χ0n) is 11.8. The van der Waals surface area contributed by atoms with Crippen LogP contribution in [0.15, 0.2) is 18.2 Å². The molecule has 0 radical (unpaired) electrons. The Balaban J connectivity index is 0.00000121. The standard InChI is InChI=1S/C13H20ClN.C2H6/c1-4-11(7-8-15-3)12-6-5-10(2)9-13(12)14;1-2/h5-6,9,11,15H,4,7-8H2,1-3H3;1-2H3. The summed E-state index contributed by atoms with van der Waals surface area (Å²) in [5.41, 5.74) is 2.52. The molecule has 0 amide bonds. The summed E-state index contributed by atoms with van der Waals surface area (Å²) in [4.78, 5) is 0. The molecule has 1 nitrogen and oxygen atoms in total. The van der Waals surface area contributed by atoms with Crippen LogP contribution in [0.4, 0.5) is 0 Å². The van der Waals surface area contributed by atoms with Crippen LogP contribution in [0.2, 0.25) is 5.02 Å². The van der Waals surface area contributed by atoms with Crippen LogP contribution in [0.5, 0.6) is 0 Å². The highest BCUT2D eigenvalue weighted by Crippen LogP contribution is 2.29. The van der Waals surface area contributed by atoms with E-state index in [9.17, 15) is 0 Å². The van der Waals surface area contributed by atoms with Gasteiger partial charge in [0.1, 0.15) is 0 Å². The van der Waals surface area contributed by atoms with E-state index < -0.39 is 0 Å². The van der Waals surface area contributed by atoms with Gasteiger partial charge in [-0.15, -0.1) is 0 Å². The molecule has 0 saturated carbocycles. The molecule has 1 rings (SSSR count). The van der Waals surface area contributed by atoms with E-state index in [-0.39, 0.29) is 0 Å². The van der Waals surface area contributed by atoms with Gasteiger partial charge in [0.25, 0.3) is 0 Å². The summed E-state index contributed by atoms with van der Waals surface area (Å²) in [6, 6.07) is 6.36. The predicted octanol–water partition coefficient (Wildman–Crippen LogP) is 4.78. The normalized spacial score (nSPS) is 11.6. The average Bonchev–Trinajstić information content (AvgIpc) is 2.34. The minimum absolute atomic E-state index is 0.575. The maximum atomic E-state index is 6.26. The van der Waals surface area contributed by atoms with Crippen LogP contribution < -0.4 is 5.32 Å². The summed E-state index contributed by atoms with van der Waals surface area (Å²) >= 11 is 6.26. The first-order valence-electron chi connectivity index (χ1n) is 6.59. The number of hydrogen-bond donors (Lipinski definition) is 1. The van der Waals surface area contributed by atoms with Crippen LogP contribution >= 0.6 is 11.6 Å². The molecule has 1 atom stereocenters. The average molecular weight is 256 g/mol. The van der Waals surface area contributed by atoms with Crippen molar-refractivity contribution in [2.24, 2.45) is 0 Å². The zero-order valence-corrected chi connectivity index (χ0v) is 12.6. The van der Waals surface area contributed by atoms with Crippen molar-refractivity contribution < 1.29 is 0 Å². The molecular formula is C15H26ClN. The first-order chi connectivity index (χ1) is 8.19. The topological polar surface area (TPSA) is 12.0 Å². The molecule has 1 unspecified atom stereocenters. The Morgan fingerprint density at radius 1 is 1.29 bits per heavy atom. The second-order valence-corrected chi connectivity index (χ2v) is 4.43. The molecule has 0 aliphatic heterocycles. The van der Waals surface area contributed by atoms with Gasteiger partial charge in [-0.1, -0.05) is 44.5 Å². The van der Waals surface area contributed by atoms with Crippen LogP contribution in [-0.4, -0.2) is 13.6 Å². The van der Waals surface area contributed by atoms with E-state index in [0.29, 0.717) is 5.92 Å². The second-order valence-electron chi connectivity index (χ2n) is 4.02. The lowest BCUT2D eigenvalue weighted by Gasteiger charge is -2.17. The maximum absolute atomic E-state index is 6.26.